The van der Waals surface area contributed by atoms with Crippen molar-refractivity contribution in [1.29, 1.82) is 0 Å². The molecule has 0 spiro atoms. The number of morpholine rings is 1. The van der Waals surface area contributed by atoms with E-state index in [9.17, 15) is 14.9 Å². The van der Waals surface area contributed by atoms with E-state index >= 15 is 0 Å². The lowest BCUT2D eigenvalue weighted by atomic mass is 10.1. The van der Waals surface area contributed by atoms with Crippen LogP contribution in [0.2, 0.25) is 0 Å². The Morgan fingerprint density at radius 1 is 1.60 bits per heavy atom. The standard InChI is InChI=1S/C12H16N4O4/c1-8-7-20-5-4-15(8)12(17)9-2-3-10(14-13)11(6-9)16(18)19/h2-3,6,8,14H,4-5,7,13H2,1H3. The van der Waals surface area contributed by atoms with Gasteiger partial charge in [-0.1, -0.05) is 0 Å². The molecule has 20 heavy (non-hydrogen) atoms. The van der Waals surface area contributed by atoms with Crippen molar-refractivity contribution in [2.45, 2.75) is 13.0 Å². The Kier molecular flexibility index (Phi) is 4.16. The lowest BCUT2D eigenvalue weighted by Gasteiger charge is -2.33. The molecule has 1 aromatic rings. The highest BCUT2D eigenvalue weighted by Crippen LogP contribution is 2.25. The summed E-state index contributed by atoms with van der Waals surface area (Å²) in [6.45, 7) is 3.29. The van der Waals surface area contributed by atoms with E-state index in [0.717, 1.165) is 0 Å². The zero-order chi connectivity index (χ0) is 14.7. The first-order valence-corrected chi connectivity index (χ1v) is 6.18. The lowest BCUT2D eigenvalue weighted by Crippen LogP contribution is -2.47. The molecule has 3 N–H and O–H groups in total. The molecular formula is C12H16N4O4. The number of hydrogen-bond donors (Lipinski definition) is 2. The monoisotopic (exact) mass is 280 g/mol. The summed E-state index contributed by atoms with van der Waals surface area (Å²) in [5, 5.41) is 11.0. The number of benzene rings is 1. The van der Waals surface area contributed by atoms with Gasteiger partial charge in [-0.05, 0) is 19.1 Å². The second kappa shape index (κ2) is 5.85. The van der Waals surface area contributed by atoms with Crippen LogP contribution in [0.3, 0.4) is 0 Å². The number of carbonyl (C=O) groups is 1. The fraction of sp³-hybridized carbons (Fsp3) is 0.417. The van der Waals surface area contributed by atoms with Gasteiger partial charge in [0.05, 0.1) is 24.2 Å². The smallest absolute Gasteiger partial charge is 0.294 e. The number of nitrogens with zero attached hydrogens (tertiary/aromatic N) is 2. The fourth-order valence-electron chi connectivity index (χ4n) is 2.13. The molecule has 1 atom stereocenters. The number of nitrogens with one attached hydrogen (secondary N) is 1. The SMILES string of the molecule is CC1COCCN1C(=O)c1ccc(NN)c([N+](=O)[O-])c1. The molecule has 1 aliphatic heterocycles. The van der Waals surface area contributed by atoms with Crippen LogP contribution in [0.1, 0.15) is 17.3 Å². The molecule has 1 aromatic carbocycles. The minimum Gasteiger partial charge on any atom is -0.377 e. The Morgan fingerprint density at radius 3 is 2.95 bits per heavy atom. The number of ether oxygens (including phenoxy) is 1. The number of amides is 1. The third-order valence-corrected chi connectivity index (χ3v) is 3.23. The Balaban J connectivity index is 2.30. The highest BCUT2D eigenvalue weighted by Gasteiger charge is 2.26. The van der Waals surface area contributed by atoms with Crippen LogP contribution < -0.4 is 11.3 Å². The Bertz CT molecular complexity index is 534. The highest BCUT2D eigenvalue weighted by atomic mass is 16.6. The summed E-state index contributed by atoms with van der Waals surface area (Å²) in [6, 6.07) is 4.13. The molecule has 8 nitrogen and oxygen atoms in total. The predicted molar refractivity (Wildman–Crippen MR) is 72.2 cm³/mol. The van der Waals surface area contributed by atoms with Crippen LogP contribution in [0, 0.1) is 10.1 Å². The van der Waals surface area contributed by atoms with Crippen LogP contribution in [-0.2, 0) is 4.74 Å². The van der Waals surface area contributed by atoms with Gasteiger partial charge >= 0.3 is 0 Å². The Morgan fingerprint density at radius 2 is 2.35 bits per heavy atom. The molecule has 8 heteroatoms. The number of carbonyl (C=O) groups excluding carboxylic acids is 1. The first kappa shape index (κ1) is 14.2. The maximum Gasteiger partial charge on any atom is 0.294 e. The minimum absolute atomic E-state index is 0.0531. The lowest BCUT2D eigenvalue weighted by molar-refractivity contribution is -0.384. The molecule has 0 aliphatic carbocycles. The largest absolute Gasteiger partial charge is 0.377 e. The fourth-order valence-corrected chi connectivity index (χ4v) is 2.13. The van der Waals surface area contributed by atoms with Crippen molar-refractivity contribution in [1.82, 2.24) is 4.90 Å². The quantitative estimate of drug-likeness (QED) is 0.480. The summed E-state index contributed by atoms with van der Waals surface area (Å²) in [4.78, 5) is 24.4. The van der Waals surface area contributed by atoms with Crippen LogP contribution in [0.4, 0.5) is 11.4 Å². The molecular weight excluding hydrogens is 264 g/mol. The summed E-state index contributed by atoms with van der Waals surface area (Å²) < 4.78 is 5.27. The second-order valence-corrected chi connectivity index (χ2v) is 4.56. The Hall–Kier alpha value is -2.19. The van der Waals surface area contributed by atoms with Crippen LogP contribution >= 0.6 is 0 Å². The van der Waals surface area contributed by atoms with Crippen molar-refractivity contribution in [3.8, 4) is 0 Å². The number of nitrogen functional groups attached to an aromatic ring is 1. The number of rotatable bonds is 3. The van der Waals surface area contributed by atoms with Crippen LogP contribution in [-0.4, -0.2) is 41.5 Å². The number of hydrazine groups is 1. The van der Waals surface area contributed by atoms with Gasteiger partial charge in [-0.3, -0.25) is 20.8 Å². The summed E-state index contributed by atoms with van der Waals surface area (Å²) in [6.07, 6.45) is 0. The van der Waals surface area contributed by atoms with Crippen LogP contribution in [0.15, 0.2) is 18.2 Å². The van der Waals surface area contributed by atoms with Gasteiger partial charge in [-0.25, -0.2) is 0 Å². The molecule has 0 radical (unpaired) electrons. The van der Waals surface area contributed by atoms with Gasteiger partial charge in [0.15, 0.2) is 0 Å². The third-order valence-electron chi connectivity index (χ3n) is 3.23. The van der Waals surface area contributed by atoms with Crippen molar-refractivity contribution >= 4 is 17.3 Å². The first-order chi connectivity index (χ1) is 9.54. The zero-order valence-electron chi connectivity index (χ0n) is 11.0. The number of anilines is 1. The zero-order valence-corrected chi connectivity index (χ0v) is 11.0. The highest BCUT2D eigenvalue weighted by molar-refractivity contribution is 5.96. The summed E-state index contributed by atoms with van der Waals surface area (Å²) in [7, 11) is 0. The maximum atomic E-state index is 12.4. The number of nitrogens with two attached hydrogens (primary N) is 1. The van der Waals surface area contributed by atoms with Gasteiger partial charge in [0.1, 0.15) is 5.69 Å². The van der Waals surface area contributed by atoms with Gasteiger partial charge in [-0.2, -0.15) is 0 Å². The topological polar surface area (TPSA) is 111 Å². The molecule has 0 aromatic heterocycles. The van der Waals surface area contributed by atoms with Gasteiger partial charge in [0.25, 0.3) is 11.6 Å². The number of nitro benzene ring substituents is 1. The van der Waals surface area contributed by atoms with Crippen molar-refractivity contribution in [3.63, 3.8) is 0 Å². The normalized spacial score (nSPS) is 18.7. The molecule has 1 heterocycles. The van der Waals surface area contributed by atoms with Crippen molar-refractivity contribution in [2.75, 3.05) is 25.2 Å². The van der Waals surface area contributed by atoms with Gasteiger partial charge < -0.3 is 15.1 Å². The predicted octanol–water partition coefficient (Wildman–Crippen LogP) is 0.741. The third kappa shape index (κ3) is 2.70. The van der Waals surface area contributed by atoms with E-state index in [4.69, 9.17) is 10.6 Å². The van der Waals surface area contributed by atoms with E-state index in [2.05, 4.69) is 5.43 Å². The molecule has 1 amide bonds. The molecule has 2 rings (SSSR count). The summed E-state index contributed by atoms with van der Waals surface area (Å²) in [5.74, 6) is 4.97. The average molecular weight is 280 g/mol. The number of hydrogen-bond acceptors (Lipinski definition) is 6. The molecule has 1 unspecified atom stereocenters. The van der Waals surface area contributed by atoms with Gasteiger partial charge in [0.2, 0.25) is 0 Å². The molecule has 1 saturated heterocycles. The first-order valence-electron chi connectivity index (χ1n) is 6.18. The number of nitro groups is 1. The van der Waals surface area contributed by atoms with Gasteiger partial charge in [0, 0.05) is 18.2 Å². The van der Waals surface area contributed by atoms with Crippen molar-refractivity contribution < 1.29 is 14.5 Å². The Labute approximate surface area is 115 Å². The van der Waals surface area contributed by atoms with E-state index in [-0.39, 0.29) is 28.9 Å². The molecule has 0 saturated carbocycles. The van der Waals surface area contributed by atoms with Crippen LogP contribution in [0.25, 0.3) is 0 Å². The molecule has 108 valence electrons. The van der Waals surface area contributed by atoms with Crippen molar-refractivity contribution in [2.24, 2.45) is 5.84 Å². The van der Waals surface area contributed by atoms with E-state index in [1.807, 2.05) is 6.92 Å². The van der Waals surface area contributed by atoms with Gasteiger partial charge in [-0.15, -0.1) is 0 Å². The average Bonchev–Trinajstić information content (AvgIpc) is 2.46. The van der Waals surface area contributed by atoms with E-state index in [1.54, 1.807) is 4.90 Å². The summed E-state index contributed by atoms with van der Waals surface area (Å²) >= 11 is 0. The molecule has 1 fully saturated rings. The molecule has 0 bridgehead atoms. The van der Waals surface area contributed by atoms with E-state index in [0.29, 0.717) is 19.8 Å². The molecule has 1 aliphatic rings. The van der Waals surface area contributed by atoms with E-state index in [1.165, 1.54) is 18.2 Å². The van der Waals surface area contributed by atoms with Crippen LogP contribution in [0.5, 0.6) is 0 Å². The summed E-state index contributed by atoms with van der Waals surface area (Å²) in [5.41, 5.74) is 2.46. The van der Waals surface area contributed by atoms with Crippen molar-refractivity contribution in [3.05, 3.63) is 33.9 Å². The van der Waals surface area contributed by atoms with E-state index < -0.39 is 4.92 Å². The second-order valence-electron chi connectivity index (χ2n) is 4.56. The minimum atomic E-state index is -0.575. The maximum absolute atomic E-state index is 12.4.